The van der Waals surface area contributed by atoms with Gasteiger partial charge in [0.05, 0.1) is 0 Å². The molecule has 0 fully saturated rings. The van der Waals surface area contributed by atoms with E-state index in [-0.39, 0.29) is 0 Å². The number of rotatable bonds is 2. The number of anilines is 1. The van der Waals surface area contributed by atoms with E-state index in [1.165, 1.54) is 0 Å². The van der Waals surface area contributed by atoms with Gasteiger partial charge in [0.15, 0.2) is 11.6 Å². The van der Waals surface area contributed by atoms with Crippen LogP contribution in [0.25, 0.3) is 22.6 Å². The molecular formula is C15H11ClN4. The van der Waals surface area contributed by atoms with Crippen molar-refractivity contribution in [3.05, 3.63) is 59.6 Å². The summed E-state index contributed by atoms with van der Waals surface area (Å²) in [5, 5.41) is 8.97. The van der Waals surface area contributed by atoms with Gasteiger partial charge in [0.2, 0.25) is 0 Å². The van der Waals surface area contributed by atoms with Crippen molar-refractivity contribution in [2.24, 2.45) is 0 Å². The number of nitrogen functional groups attached to an aromatic ring is 1. The highest BCUT2D eigenvalue weighted by molar-refractivity contribution is 6.30. The topological polar surface area (TPSA) is 64.7 Å². The Bertz CT molecular complexity index is 727. The fourth-order valence-corrected chi connectivity index (χ4v) is 1.99. The van der Waals surface area contributed by atoms with Crippen LogP contribution in [0.1, 0.15) is 0 Å². The quantitative estimate of drug-likeness (QED) is 0.782. The third kappa shape index (κ3) is 2.46. The molecule has 0 unspecified atom stereocenters. The third-order valence-corrected chi connectivity index (χ3v) is 3.12. The lowest BCUT2D eigenvalue weighted by molar-refractivity contribution is 0.994. The predicted octanol–water partition coefficient (Wildman–Crippen LogP) is 3.44. The number of halogens is 1. The van der Waals surface area contributed by atoms with Gasteiger partial charge in [-0.2, -0.15) is 0 Å². The van der Waals surface area contributed by atoms with Crippen molar-refractivity contribution >= 4 is 17.4 Å². The summed E-state index contributed by atoms with van der Waals surface area (Å²) in [4.78, 5) is 4.31. The van der Waals surface area contributed by atoms with Gasteiger partial charge in [-0.05, 0) is 12.1 Å². The van der Waals surface area contributed by atoms with Crippen LogP contribution in [0.2, 0.25) is 5.02 Å². The molecule has 0 radical (unpaired) electrons. The molecule has 0 amide bonds. The Morgan fingerprint density at radius 3 is 2.15 bits per heavy atom. The second kappa shape index (κ2) is 5.27. The van der Waals surface area contributed by atoms with Gasteiger partial charge in [-0.25, -0.2) is 4.98 Å². The molecule has 20 heavy (non-hydrogen) atoms. The summed E-state index contributed by atoms with van der Waals surface area (Å²) >= 11 is 5.86. The second-order valence-corrected chi connectivity index (χ2v) is 4.68. The first-order valence-electron chi connectivity index (χ1n) is 6.05. The normalized spacial score (nSPS) is 10.4. The van der Waals surface area contributed by atoms with Crippen LogP contribution in [-0.2, 0) is 0 Å². The first-order valence-corrected chi connectivity index (χ1v) is 6.43. The smallest absolute Gasteiger partial charge is 0.183 e. The molecule has 0 saturated carbocycles. The number of nitrogens with two attached hydrogens (primary N) is 1. The van der Waals surface area contributed by atoms with E-state index in [1.807, 2.05) is 42.5 Å². The Hall–Kier alpha value is -2.46. The number of aromatic nitrogens is 3. The molecule has 0 aliphatic carbocycles. The molecule has 3 rings (SSSR count). The van der Waals surface area contributed by atoms with Gasteiger partial charge in [-0.15, -0.1) is 10.2 Å². The first-order chi connectivity index (χ1) is 9.74. The summed E-state index contributed by atoms with van der Waals surface area (Å²) in [5.41, 5.74) is 8.26. The van der Waals surface area contributed by atoms with E-state index in [0.717, 1.165) is 11.1 Å². The Kier molecular flexibility index (Phi) is 3.31. The maximum atomic E-state index is 5.98. The molecule has 0 aliphatic rings. The van der Waals surface area contributed by atoms with Gasteiger partial charge in [0.25, 0.3) is 0 Å². The van der Waals surface area contributed by atoms with Gasteiger partial charge in [0, 0.05) is 16.1 Å². The van der Waals surface area contributed by atoms with Crippen LogP contribution in [0.3, 0.4) is 0 Å². The van der Waals surface area contributed by atoms with E-state index in [9.17, 15) is 0 Å². The molecule has 98 valence electrons. The fourth-order valence-electron chi connectivity index (χ4n) is 1.86. The van der Waals surface area contributed by atoms with Crippen molar-refractivity contribution < 1.29 is 0 Å². The molecule has 2 N–H and O–H groups in total. The summed E-state index contributed by atoms with van der Waals surface area (Å²) in [6.07, 6.45) is 0. The summed E-state index contributed by atoms with van der Waals surface area (Å²) in [6.45, 7) is 0. The Morgan fingerprint density at radius 1 is 0.800 bits per heavy atom. The van der Waals surface area contributed by atoms with Crippen LogP contribution in [0.4, 0.5) is 5.82 Å². The van der Waals surface area contributed by atoms with Gasteiger partial charge in [-0.3, -0.25) is 0 Å². The predicted molar refractivity (Wildman–Crippen MR) is 80.1 cm³/mol. The van der Waals surface area contributed by atoms with Crippen LogP contribution in [0.5, 0.6) is 0 Å². The van der Waals surface area contributed by atoms with Crippen LogP contribution in [0.15, 0.2) is 54.6 Å². The minimum atomic E-state index is 0.348. The number of hydrogen-bond donors (Lipinski definition) is 1. The zero-order valence-corrected chi connectivity index (χ0v) is 11.2. The first kappa shape index (κ1) is 12.6. The number of benzene rings is 2. The summed E-state index contributed by atoms with van der Waals surface area (Å²) < 4.78 is 0. The SMILES string of the molecule is Nc1nc(-c2ccccc2)nnc1-c1ccc(Cl)cc1. The molecule has 0 spiro atoms. The highest BCUT2D eigenvalue weighted by atomic mass is 35.5. The largest absolute Gasteiger partial charge is 0.382 e. The van der Waals surface area contributed by atoms with Crippen molar-refractivity contribution in [1.82, 2.24) is 15.2 Å². The van der Waals surface area contributed by atoms with Gasteiger partial charge >= 0.3 is 0 Å². The highest BCUT2D eigenvalue weighted by Crippen LogP contribution is 2.24. The highest BCUT2D eigenvalue weighted by Gasteiger charge is 2.09. The third-order valence-electron chi connectivity index (χ3n) is 2.86. The molecule has 0 aliphatic heterocycles. The molecule has 4 nitrogen and oxygen atoms in total. The minimum absolute atomic E-state index is 0.348. The van der Waals surface area contributed by atoms with Crippen LogP contribution >= 0.6 is 11.6 Å². The van der Waals surface area contributed by atoms with Crippen molar-refractivity contribution in [3.63, 3.8) is 0 Å². The van der Waals surface area contributed by atoms with Gasteiger partial charge in [-0.1, -0.05) is 54.1 Å². The lowest BCUT2D eigenvalue weighted by atomic mass is 10.1. The van der Waals surface area contributed by atoms with Crippen molar-refractivity contribution in [2.75, 3.05) is 5.73 Å². The van der Waals surface area contributed by atoms with E-state index in [2.05, 4.69) is 15.2 Å². The molecule has 2 aromatic carbocycles. The molecule has 0 atom stereocenters. The molecular weight excluding hydrogens is 272 g/mol. The maximum absolute atomic E-state index is 5.98. The maximum Gasteiger partial charge on any atom is 0.183 e. The number of hydrogen-bond acceptors (Lipinski definition) is 4. The minimum Gasteiger partial charge on any atom is -0.382 e. The lowest BCUT2D eigenvalue weighted by Gasteiger charge is -2.05. The zero-order chi connectivity index (χ0) is 13.9. The van der Waals surface area contributed by atoms with E-state index in [4.69, 9.17) is 17.3 Å². The fraction of sp³-hybridized carbons (Fsp3) is 0. The molecule has 1 heterocycles. The van der Waals surface area contributed by atoms with Gasteiger partial charge in [0.1, 0.15) is 5.69 Å². The monoisotopic (exact) mass is 282 g/mol. The van der Waals surface area contributed by atoms with Crippen molar-refractivity contribution in [2.45, 2.75) is 0 Å². The molecule has 5 heteroatoms. The summed E-state index contributed by atoms with van der Waals surface area (Å²) in [5.74, 6) is 0.863. The average molecular weight is 283 g/mol. The van der Waals surface area contributed by atoms with Crippen molar-refractivity contribution in [3.8, 4) is 22.6 Å². The van der Waals surface area contributed by atoms with Crippen LogP contribution < -0.4 is 5.73 Å². The number of nitrogens with zero attached hydrogens (tertiary/aromatic N) is 3. The summed E-state index contributed by atoms with van der Waals surface area (Å²) in [7, 11) is 0. The second-order valence-electron chi connectivity index (χ2n) is 4.24. The van der Waals surface area contributed by atoms with Crippen LogP contribution in [-0.4, -0.2) is 15.2 Å². The standard InChI is InChI=1S/C15H11ClN4/c16-12-8-6-10(7-9-12)13-14(17)18-15(20-19-13)11-4-2-1-3-5-11/h1-9H,(H2,17,18,20). The molecule has 3 aromatic rings. The van der Waals surface area contributed by atoms with Crippen LogP contribution in [0, 0.1) is 0 Å². The Labute approximate surface area is 121 Å². The molecule has 1 aromatic heterocycles. The average Bonchev–Trinajstić information content (AvgIpc) is 2.49. The zero-order valence-electron chi connectivity index (χ0n) is 10.5. The Balaban J connectivity index is 2.02. The van der Waals surface area contributed by atoms with Gasteiger partial charge < -0.3 is 5.73 Å². The Morgan fingerprint density at radius 2 is 1.50 bits per heavy atom. The lowest BCUT2D eigenvalue weighted by Crippen LogP contribution is -2.02. The summed E-state index contributed by atoms with van der Waals surface area (Å²) in [6, 6.07) is 16.8. The van der Waals surface area contributed by atoms with E-state index in [0.29, 0.717) is 22.4 Å². The van der Waals surface area contributed by atoms with E-state index >= 15 is 0 Å². The van der Waals surface area contributed by atoms with E-state index < -0.39 is 0 Å². The molecule has 0 bridgehead atoms. The van der Waals surface area contributed by atoms with E-state index in [1.54, 1.807) is 12.1 Å². The molecule has 0 saturated heterocycles. The van der Waals surface area contributed by atoms with Crippen molar-refractivity contribution in [1.29, 1.82) is 0 Å².